The molecular formula is C16H18O6. The van der Waals surface area contributed by atoms with Crippen LogP contribution >= 0.6 is 0 Å². The van der Waals surface area contributed by atoms with Gasteiger partial charge in [0.05, 0.1) is 37.6 Å². The second kappa shape index (κ2) is 6.06. The third kappa shape index (κ3) is 2.71. The standard InChI is InChI=1S/C16H18O6/c1-9-7-20-14-12(8-21-13(9)14)22-16(18)11-5-3-10(4-6-11)15(17)19-2/h3-6,9,12-14H,7-8H2,1-2H3/t9-,12+,13?,14?/m1/s1. The number of ether oxygens (including phenoxy) is 4. The van der Waals surface area contributed by atoms with E-state index in [0.717, 1.165) is 0 Å². The Morgan fingerprint density at radius 3 is 2.23 bits per heavy atom. The number of esters is 2. The van der Waals surface area contributed by atoms with Crippen LogP contribution in [0.4, 0.5) is 0 Å². The minimum atomic E-state index is -0.450. The van der Waals surface area contributed by atoms with Crippen LogP contribution < -0.4 is 0 Å². The molecule has 22 heavy (non-hydrogen) atoms. The Morgan fingerprint density at radius 1 is 1.00 bits per heavy atom. The average Bonchev–Trinajstić information content (AvgIpc) is 3.11. The fraction of sp³-hybridized carbons (Fsp3) is 0.500. The Kier molecular flexibility index (Phi) is 4.13. The summed E-state index contributed by atoms with van der Waals surface area (Å²) in [6, 6.07) is 6.15. The van der Waals surface area contributed by atoms with E-state index in [4.69, 9.17) is 14.2 Å². The summed E-state index contributed by atoms with van der Waals surface area (Å²) in [5.74, 6) is -0.581. The molecule has 2 heterocycles. The Morgan fingerprint density at radius 2 is 1.59 bits per heavy atom. The van der Waals surface area contributed by atoms with Gasteiger partial charge in [0.15, 0.2) is 6.10 Å². The van der Waals surface area contributed by atoms with Gasteiger partial charge in [-0.3, -0.25) is 0 Å². The molecule has 118 valence electrons. The third-order valence-corrected chi connectivity index (χ3v) is 4.06. The second-order valence-corrected chi connectivity index (χ2v) is 5.59. The van der Waals surface area contributed by atoms with Crippen LogP contribution in [0, 0.1) is 5.92 Å². The van der Waals surface area contributed by atoms with Crippen molar-refractivity contribution in [2.24, 2.45) is 5.92 Å². The molecule has 0 spiro atoms. The molecule has 0 aromatic heterocycles. The van der Waals surface area contributed by atoms with E-state index < -0.39 is 11.9 Å². The van der Waals surface area contributed by atoms with Crippen LogP contribution in [-0.4, -0.2) is 50.6 Å². The van der Waals surface area contributed by atoms with Gasteiger partial charge in [-0.05, 0) is 24.3 Å². The van der Waals surface area contributed by atoms with E-state index in [1.807, 2.05) is 0 Å². The highest BCUT2D eigenvalue weighted by Crippen LogP contribution is 2.32. The molecule has 2 saturated heterocycles. The summed E-state index contributed by atoms with van der Waals surface area (Å²) >= 11 is 0. The molecule has 6 nitrogen and oxygen atoms in total. The Hall–Kier alpha value is -1.92. The molecule has 0 N–H and O–H groups in total. The van der Waals surface area contributed by atoms with Crippen molar-refractivity contribution in [2.75, 3.05) is 20.3 Å². The number of benzene rings is 1. The lowest BCUT2D eigenvalue weighted by molar-refractivity contribution is -0.0158. The highest BCUT2D eigenvalue weighted by Gasteiger charge is 2.47. The Labute approximate surface area is 128 Å². The van der Waals surface area contributed by atoms with Crippen LogP contribution in [0.1, 0.15) is 27.6 Å². The number of carbonyl (C=O) groups is 2. The number of fused-ring (bicyclic) bond motifs is 1. The van der Waals surface area contributed by atoms with Gasteiger partial charge in [0.2, 0.25) is 0 Å². The van der Waals surface area contributed by atoms with Crippen molar-refractivity contribution in [3.8, 4) is 0 Å². The van der Waals surface area contributed by atoms with E-state index in [-0.39, 0.29) is 18.3 Å². The molecule has 4 atom stereocenters. The van der Waals surface area contributed by atoms with E-state index >= 15 is 0 Å². The SMILES string of the molecule is COC(=O)c1ccc(C(=O)O[C@H]2COC3C2OC[C@H]3C)cc1. The van der Waals surface area contributed by atoms with E-state index in [9.17, 15) is 9.59 Å². The maximum Gasteiger partial charge on any atom is 0.338 e. The summed E-state index contributed by atoms with van der Waals surface area (Å²) in [6.45, 7) is 3.03. The second-order valence-electron chi connectivity index (χ2n) is 5.59. The summed E-state index contributed by atoms with van der Waals surface area (Å²) in [7, 11) is 1.31. The van der Waals surface area contributed by atoms with E-state index in [1.54, 1.807) is 12.1 Å². The van der Waals surface area contributed by atoms with Gasteiger partial charge in [-0.1, -0.05) is 6.92 Å². The normalized spacial score (nSPS) is 29.9. The molecule has 2 aliphatic heterocycles. The summed E-state index contributed by atoms with van der Waals surface area (Å²) < 4.78 is 21.4. The quantitative estimate of drug-likeness (QED) is 0.787. The van der Waals surface area contributed by atoms with Gasteiger partial charge in [-0.15, -0.1) is 0 Å². The van der Waals surface area contributed by atoms with Gasteiger partial charge in [0, 0.05) is 5.92 Å². The number of carbonyl (C=O) groups excluding carboxylic acids is 2. The highest BCUT2D eigenvalue weighted by atomic mass is 16.6. The highest BCUT2D eigenvalue weighted by molar-refractivity contribution is 5.93. The molecule has 2 fully saturated rings. The first-order chi connectivity index (χ1) is 10.6. The predicted molar refractivity (Wildman–Crippen MR) is 75.6 cm³/mol. The number of hydrogen-bond donors (Lipinski definition) is 0. The Balaban J connectivity index is 1.64. The molecule has 6 heteroatoms. The zero-order valence-corrected chi connectivity index (χ0v) is 12.5. The molecule has 2 aliphatic rings. The fourth-order valence-corrected chi connectivity index (χ4v) is 2.82. The summed E-state index contributed by atoms with van der Waals surface area (Å²) in [4.78, 5) is 23.5. The van der Waals surface area contributed by atoms with Gasteiger partial charge in [-0.2, -0.15) is 0 Å². The van der Waals surface area contributed by atoms with Crippen molar-refractivity contribution in [1.82, 2.24) is 0 Å². The number of rotatable bonds is 3. The first kappa shape index (κ1) is 15.0. The first-order valence-corrected chi connectivity index (χ1v) is 7.22. The van der Waals surface area contributed by atoms with E-state index in [0.29, 0.717) is 30.3 Å². The number of methoxy groups -OCH3 is 1. The van der Waals surface area contributed by atoms with Gasteiger partial charge >= 0.3 is 11.9 Å². The van der Waals surface area contributed by atoms with Crippen LogP contribution in [0.3, 0.4) is 0 Å². The lowest BCUT2D eigenvalue weighted by atomic mass is 10.0. The lowest BCUT2D eigenvalue weighted by Gasteiger charge is -2.16. The number of hydrogen-bond acceptors (Lipinski definition) is 6. The Bertz CT molecular complexity index is 567. The summed E-state index contributed by atoms with van der Waals surface area (Å²) in [5, 5.41) is 0. The van der Waals surface area contributed by atoms with Gasteiger partial charge in [0.25, 0.3) is 0 Å². The van der Waals surface area contributed by atoms with Crippen molar-refractivity contribution in [3.05, 3.63) is 35.4 Å². The molecule has 1 aromatic rings. The van der Waals surface area contributed by atoms with Gasteiger partial charge < -0.3 is 18.9 Å². The molecular weight excluding hydrogens is 288 g/mol. The molecule has 0 bridgehead atoms. The molecule has 1 aromatic carbocycles. The first-order valence-electron chi connectivity index (χ1n) is 7.22. The van der Waals surface area contributed by atoms with Crippen LogP contribution in [0.25, 0.3) is 0 Å². The molecule has 2 unspecified atom stereocenters. The summed E-state index contributed by atoms with van der Waals surface area (Å²) in [5.41, 5.74) is 0.762. The van der Waals surface area contributed by atoms with E-state index in [1.165, 1.54) is 19.2 Å². The van der Waals surface area contributed by atoms with Crippen molar-refractivity contribution < 1.29 is 28.5 Å². The zero-order valence-electron chi connectivity index (χ0n) is 12.5. The largest absolute Gasteiger partial charge is 0.465 e. The zero-order chi connectivity index (χ0) is 15.7. The van der Waals surface area contributed by atoms with Crippen molar-refractivity contribution in [2.45, 2.75) is 25.2 Å². The average molecular weight is 306 g/mol. The summed E-state index contributed by atoms with van der Waals surface area (Å²) in [6.07, 6.45) is -0.574. The molecule has 3 rings (SSSR count). The molecule has 0 saturated carbocycles. The van der Waals surface area contributed by atoms with Crippen LogP contribution in [-0.2, 0) is 18.9 Å². The van der Waals surface area contributed by atoms with Gasteiger partial charge in [0.1, 0.15) is 6.10 Å². The maximum absolute atomic E-state index is 12.2. The molecule has 0 amide bonds. The topological polar surface area (TPSA) is 71.1 Å². The van der Waals surface area contributed by atoms with E-state index in [2.05, 4.69) is 11.7 Å². The molecule has 0 aliphatic carbocycles. The monoisotopic (exact) mass is 306 g/mol. The lowest BCUT2D eigenvalue weighted by Crippen LogP contribution is -2.32. The van der Waals surface area contributed by atoms with Crippen molar-refractivity contribution in [3.63, 3.8) is 0 Å². The van der Waals surface area contributed by atoms with Gasteiger partial charge in [-0.25, -0.2) is 9.59 Å². The smallest absolute Gasteiger partial charge is 0.338 e. The van der Waals surface area contributed by atoms with Crippen molar-refractivity contribution >= 4 is 11.9 Å². The maximum atomic E-state index is 12.2. The minimum Gasteiger partial charge on any atom is -0.465 e. The van der Waals surface area contributed by atoms with Crippen molar-refractivity contribution in [1.29, 1.82) is 0 Å². The molecule has 0 radical (unpaired) electrons. The third-order valence-electron chi connectivity index (χ3n) is 4.06. The fourth-order valence-electron chi connectivity index (χ4n) is 2.82. The van der Waals surface area contributed by atoms with Crippen LogP contribution in [0.5, 0.6) is 0 Å². The van der Waals surface area contributed by atoms with Crippen LogP contribution in [0.15, 0.2) is 24.3 Å². The van der Waals surface area contributed by atoms with Crippen LogP contribution in [0.2, 0.25) is 0 Å². The minimum absolute atomic E-state index is 0.000463. The predicted octanol–water partition coefficient (Wildman–Crippen LogP) is 1.43.